The Bertz CT molecular complexity index is 483. The summed E-state index contributed by atoms with van der Waals surface area (Å²) in [4.78, 5) is 35.5. The minimum Gasteiger partial charge on any atom is -0.463 e. The molecule has 0 spiro atoms. The van der Waals surface area contributed by atoms with Gasteiger partial charge in [0.05, 0.1) is 12.6 Å². The van der Waals surface area contributed by atoms with Crippen molar-refractivity contribution in [2.45, 2.75) is 52.1 Å². The Balaban J connectivity index is 0.00000576. The van der Waals surface area contributed by atoms with E-state index in [4.69, 9.17) is 10.5 Å². The standard InChI is InChI=1S/C17H29N3O4.ClH/c1-4-24-15(21)6-5-13(10-12-7-8-19-16(12)22)20-17(23)14(18)9-11(2)3;/h5-6,11-14H,4,7-10,18H2,1-3H3,(H,19,22)(H,20,23);1H/b6-5+;. The third-order valence-electron chi connectivity index (χ3n) is 3.84. The summed E-state index contributed by atoms with van der Waals surface area (Å²) < 4.78 is 4.85. The maximum atomic E-state index is 12.2. The molecule has 144 valence electrons. The van der Waals surface area contributed by atoms with Gasteiger partial charge in [-0.15, -0.1) is 12.4 Å². The van der Waals surface area contributed by atoms with E-state index >= 15 is 0 Å². The second-order valence-electron chi connectivity index (χ2n) is 6.47. The quantitative estimate of drug-likeness (QED) is 0.410. The van der Waals surface area contributed by atoms with Gasteiger partial charge >= 0.3 is 5.97 Å². The van der Waals surface area contributed by atoms with E-state index in [1.165, 1.54) is 6.08 Å². The number of esters is 1. The highest BCUT2D eigenvalue weighted by molar-refractivity contribution is 5.85. The van der Waals surface area contributed by atoms with Crippen LogP contribution in [0, 0.1) is 11.8 Å². The van der Waals surface area contributed by atoms with E-state index in [2.05, 4.69) is 10.6 Å². The van der Waals surface area contributed by atoms with Crippen LogP contribution in [-0.2, 0) is 19.1 Å². The fourth-order valence-corrected chi connectivity index (χ4v) is 2.65. The van der Waals surface area contributed by atoms with E-state index in [1.807, 2.05) is 13.8 Å². The van der Waals surface area contributed by atoms with E-state index in [1.54, 1.807) is 13.0 Å². The minimum absolute atomic E-state index is 0. The van der Waals surface area contributed by atoms with Gasteiger partial charge in [-0.05, 0) is 32.1 Å². The van der Waals surface area contributed by atoms with Crippen LogP contribution in [0.25, 0.3) is 0 Å². The highest BCUT2D eigenvalue weighted by Crippen LogP contribution is 2.17. The molecule has 1 aliphatic rings. The monoisotopic (exact) mass is 375 g/mol. The predicted molar refractivity (Wildman–Crippen MR) is 98.1 cm³/mol. The molecule has 1 heterocycles. The van der Waals surface area contributed by atoms with Gasteiger partial charge in [0.15, 0.2) is 0 Å². The van der Waals surface area contributed by atoms with E-state index in [0.717, 1.165) is 6.42 Å². The Morgan fingerprint density at radius 2 is 2.12 bits per heavy atom. The highest BCUT2D eigenvalue weighted by Gasteiger charge is 2.28. The van der Waals surface area contributed by atoms with Crippen LogP contribution in [0.15, 0.2) is 12.2 Å². The Kier molecular flexibility index (Phi) is 11.1. The predicted octanol–water partition coefficient (Wildman–Crippen LogP) is 0.912. The van der Waals surface area contributed by atoms with Gasteiger partial charge in [-0.25, -0.2) is 4.79 Å². The summed E-state index contributed by atoms with van der Waals surface area (Å²) in [5.41, 5.74) is 5.90. The minimum atomic E-state index is -0.610. The van der Waals surface area contributed by atoms with Gasteiger partial charge in [-0.1, -0.05) is 19.9 Å². The first kappa shape index (κ1) is 23.4. The Morgan fingerprint density at radius 1 is 1.44 bits per heavy atom. The van der Waals surface area contributed by atoms with Gasteiger partial charge in [-0.2, -0.15) is 0 Å². The first-order valence-corrected chi connectivity index (χ1v) is 8.52. The van der Waals surface area contributed by atoms with Crippen LogP contribution in [0.5, 0.6) is 0 Å². The summed E-state index contributed by atoms with van der Waals surface area (Å²) in [6.45, 7) is 6.63. The molecule has 1 saturated heterocycles. The van der Waals surface area contributed by atoms with Crippen molar-refractivity contribution in [3.8, 4) is 0 Å². The molecule has 2 amide bonds. The molecule has 8 heteroatoms. The number of carbonyl (C=O) groups excluding carboxylic acids is 3. The first-order valence-electron chi connectivity index (χ1n) is 8.52. The topological polar surface area (TPSA) is 111 Å². The lowest BCUT2D eigenvalue weighted by Gasteiger charge is -2.21. The molecule has 4 N–H and O–H groups in total. The van der Waals surface area contributed by atoms with Gasteiger partial charge in [0, 0.05) is 24.6 Å². The van der Waals surface area contributed by atoms with E-state index < -0.39 is 18.1 Å². The van der Waals surface area contributed by atoms with Gasteiger partial charge in [0.25, 0.3) is 0 Å². The van der Waals surface area contributed by atoms with Crippen molar-refractivity contribution in [1.29, 1.82) is 0 Å². The number of nitrogens with one attached hydrogen (secondary N) is 2. The molecule has 0 aromatic rings. The summed E-state index contributed by atoms with van der Waals surface area (Å²) >= 11 is 0. The fraction of sp³-hybridized carbons (Fsp3) is 0.706. The van der Waals surface area contributed by atoms with Crippen molar-refractivity contribution in [3.05, 3.63) is 12.2 Å². The van der Waals surface area contributed by atoms with E-state index in [-0.39, 0.29) is 36.7 Å². The van der Waals surface area contributed by atoms with Crippen LogP contribution in [0.2, 0.25) is 0 Å². The number of carbonyl (C=O) groups is 3. The molecule has 0 aromatic carbocycles. The third-order valence-corrected chi connectivity index (χ3v) is 3.84. The number of hydrogen-bond acceptors (Lipinski definition) is 5. The maximum absolute atomic E-state index is 12.2. The molecule has 1 aliphatic heterocycles. The van der Waals surface area contributed by atoms with Crippen molar-refractivity contribution in [2.24, 2.45) is 17.6 Å². The molecule has 7 nitrogen and oxygen atoms in total. The Labute approximate surface area is 155 Å². The highest BCUT2D eigenvalue weighted by atomic mass is 35.5. The van der Waals surface area contributed by atoms with Crippen LogP contribution in [0.3, 0.4) is 0 Å². The lowest BCUT2D eigenvalue weighted by Crippen LogP contribution is -2.46. The number of nitrogens with two attached hydrogens (primary N) is 1. The number of rotatable bonds is 9. The average Bonchev–Trinajstić information content (AvgIpc) is 2.89. The molecule has 1 rings (SSSR count). The second-order valence-corrected chi connectivity index (χ2v) is 6.47. The van der Waals surface area contributed by atoms with Crippen LogP contribution < -0.4 is 16.4 Å². The Morgan fingerprint density at radius 3 is 2.64 bits per heavy atom. The van der Waals surface area contributed by atoms with Gasteiger partial charge in [0.1, 0.15) is 0 Å². The molecule has 0 radical (unpaired) electrons. The zero-order valence-electron chi connectivity index (χ0n) is 15.1. The number of ether oxygens (including phenoxy) is 1. The lowest BCUT2D eigenvalue weighted by molar-refractivity contribution is -0.137. The molecule has 0 aliphatic carbocycles. The molecule has 3 atom stereocenters. The summed E-state index contributed by atoms with van der Waals surface area (Å²) in [5.74, 6) is -0.645. The molecule has 0 saturated carbocycles. The smallest absolute Gasteiger partial charge is 0.330 e. The van der Waals surface area contributed by atoms with Crippen molar-refractivity contribution in [2.75, 3.05) is 13.2 Å². The molecule has 0 aromatic heterocycles. The van der Waals surface area contributed by atoms with Crippen LogP contribution >= 0.6 is 12.4 Å². The molecule has 1 fully saturated rings. The largest absolute Gasteiger partial charge is 0.463 e. The van der Waals surface area contributed by atoms with Crippen molar-refractivity contribution in [3.63, 3.8) is 0 Å². The summed E-state index contributed by atoms with van der Waals surface area (Å²) in [7, 11) is 0. The van der Waals surface area contributed by atoms with Crippen LogP contribution in [0.4, 0.5) is 0 Å². The normalized spacial score (nSPS) is 19.2. The zero-order chi connectivity index (χ0) is 18.1. The van der Waals surface area contributed by atoms with Crippen LogP contribution in [-0.4, -0.2) is 43.0 Å². The van der Waals surface area contributed by atoms with Crippen molar-refractivity contribution < 1.29 is 19.1 Å². The summed E-state index contributed by atoms with van der Waals surface area (Å²) in [6.07, 6.45) is 4.58. The molecular weight excluding hydrogens is 346 g/mol. The number of amides is 2. The molecule has 25 heavy (non-hydrogen) atoms. The van der Waals surface area contributed by atoms with Gasteiger partial charge in [-0.3, -0.25) is 9.59 Å². The fourth-order valence-electron chi connectivity index (χ4n) is 2.65. The van der Waals surface area contributed by atoms with Crippen LogP contribution in [0.1, 0.15) is 40.0 Å². The molecule has 0 bridgehead atoms. The van der Waals surface area contributed by atoms with E-state index in [0.29, 0.717) is 25.3 Å². The van der Waals surface area contributed by atoms with E-state index in [9.17, 15) is 14.4 Å². The SMILES string of the molecule is CCOC(=O)/C=C/C(CC1CCNC1=O)NC(=O)C(N)CC(C)C.Cl. The molecular formula is C17H30ClN3O4. The number of halogens is 1. The average molecular weight is 376 g/mol. The van der Waals surface area contributed by atoms with Gasteiger partial charge in [0.2, 0.25) is 11.8 Å². The van der Waals surface area contributed by atoms with Crippen molar-refractivity contribution >= 4 is 30.2 Å². The third kappa shape index (κ3) is 8.88. The summed E-state index contributed by atoms with van der Waals surface area (Å²) in [5, 5.41) is 5.60. The summed E-state index contributed by atoms with van der Waals surface area (Å²) in [6, 6.07) is -1.05. The maximum Gasteiger partial charge on any atom is 0.330 e. The zero-order valence-corrected chi connectivity index (χ0v) is 15.9. The van der Waals surface area contributed by atoms with Gasteiger partial charge < -0.3 is 21.1 Å². The molecule has 3 unspecified atom stereocenters. The van der Waals surface area contributed by atoms with Crippen molar-refractivity contribution in [1.82, 2.24) is 10.6 Å². The first-order chi connectivity index (χ1) is 11.3. The number of hydrogen-bond donors (Lipinski definition) is 3. The second kappa shape index (κ2) is 11.9. The lowest BCUT2D eigenvalue weighted by atomic mass is 9.97. The Hall–Kier alpha value is -1.60.